The number of ether oxygens (including phenoxy) is 1. The van der Waals surface area contributed by atoms with Crippen LogP contribution in [-0.2, 0) is 24.3 Å². The van der Waals surface area contributed by atoms with E-state index in [4.69, 9.17) is 4.74 Å². The minimum atomic E-state index is -3.92. The molecular weight excluding hydrogens is 388 g/mol. The van der Waals surface area contributed by atoms with Gasteiger partial charge in [0.2, 0.25) is 10.0 Å². The molecule has 0 bridgehead atoms. The minimum Gasteiger partial charge on any atom is -0.451 e. The van der Waals surface area contributed by atoms with Gasteiger partial charge in [0.05, 0.1) is 4.90 Å². The lowest BCUT2D eigenvalue weighted by molar-refractivity contribution is -0.156. The van der Waals surface area contributed by atoms with Crippen LogP contribution in [0.1, 0.15) is 31.4 Å². The Bertz CT molecular complexity index is 765. The number of esters is 1. The fraction of sp³-hybridized carbons (Fsp3) is 0.556. The molecule has 0 radical (unpaired) electrons. The monoisotopic (exact) mass is 416 g/mol. The molecule has 0 saturated heterocycles. The number of amides is 1. The Kier molecular flexibility index (Phi) is 9.28. The van der Waals surface area contributed by atoms with E-state index in [1.54, 1.807) is 32.9 Å². The van der Waals surface area contributed by atoms with Gasteiger partial charge in [0, 0.05) is 6.54 Å². The van der Waals surface area contributed by atoms with Crippen molar-refractivity contribution in [1.82, 2.24) is 10.0 Å². The average molecular weight is 417 g/mol. The number of likely N-dealkylation sites (N-methyl/N-ethyl adjacent to an activating group) is 1. The summed E-state index contributed by atoms with van der Waals surface area (Å²) in [4.78, 5) is 24.4. The van der Waals surface area contributed by atoms with E-state index in [0.717, 1.165) is 5.56 Å². The Morgan fingerprint density at radius 2 is 1.93 bits per heavy atom. The van der Waals surface area contributed by atoms with Gasteiger partial charge in [0.1, 0.15) is 6.04 Å². The number of hydrogen-bond acceptors (Lipinski definition) is 6. The van der Waals surface area contributed by atoms with E-state index >= 15 is 0 Å². The number of nitrogens with one attached hydrogen (secondary N) is 2. The Balaban J connectivity index is 3.00. The highest BCUT2D eigenvalue weighted by Crippen LogP contribution is 2.18. The van der Waals surface area contributed by atoms with Crippen molar-refractivity contribution in [1.29, 1.82) is 0 Å². The zero-order chi connectivity index (χ0) is 20.6. The molecule has 2 N–H and O–H groups in total. The first kappa shape index (κ1) is 23.5. The van der Waals surface area contributed by atoms with Crippen molar-refractivity contribution in [2.45, 2.75) is 51.2 Å². The smallest absolute Gasteiger partial charge is 0.324 e. The maximum atomic E-state index is 12.8. The first-order valence-corrected chi connectivity index (χ1v) is 11.6. The van der Waals surface area contributed by atoms with Gasteiger partial charge in [0.25, 0.3) is 5.91 Å². The highest BCUT2D eigenvalue weighted by Gasteiger charge is 2.30. The third-order valence-corrected chi connectivity index (χ3v) is 6.10. The first-order chi connectivity index (χ1) is 12.6. The highest BCUT2D eigenvalue weighted by molar-refractivity contribution is 7.98. The number of aryl methyl sites for hydroxylation is 2. The molecule has 0 aromatic heterocycles. The maximum absolute atomic E-state index is 12.8. The van der Waals surface area contributed by atoms with Crippen molar-refractivity contribution in [3.05, 3.63) is 29.3 Å². The maximum Gasteiger partial charge on any atom is 0.324 e. The van der Waals surface area contributed by atoms with Crippen LogP contribution in [0.3, 0.4) is 0 Å². The van der Waals surface area contributed by atoms with E-state index in [0.29, 0.717) is 17.9 Å². The van der Waals surface area contributed by atoms with Crippen molar-refractivity contribution in [2.24, 2.45) is 0 Å². The van der Waals surface area contributed by atoms with Crippen molar-refractivity contribution in [3.63, 3.8) is 0 Å². The fourth-order valence-electron chi connectivity index (χ4n) is 2.34. The third kappa shape index (κ3) is 7.15. The third-order valence-electron chi connectivity index (χ3n) is 3.84. The predicted octanol–water partition coefficient (Wildman–Crippen LogP) is 1.77. The normalized spacial score (nSPS) is 13.7. The number of benzene rings is 1. The second-order valence-corrected chi connectivity index (χ2v) is 8.87. The number of carbonyl (C=O) groups excluding carboxylic acids is 2. The standard InChI is InChI=1S/C18H28N2O5S2/c1-6-19-17(21)14(4)25-18(22)15(9-10-26-5)20-27(23,24)16-11-12(2)7-8-13(16)3/h7-8,11,14-15,20H,6,9-10H2,1-5H3,(H,19,21)/t14-,15+/m1/s1. The molecule has 27 heavy (non-hydrogen) atoms. The number of thioether (sulfide) groups is 1. The molecule has 2 atom stereocenters. The summed E-state index contributed by atoms with van der Waals surface area (Å²) in [5.74, 6) is -0.631. The molecule has 0 aliphatic rings. The summed E-state index contributed by atoms with van der Waals surface area (Å²) in [5.41, 5.74) is 1.38. The summed E-state index contributed by atoms with van der Waals surface area (Å²) in [6, 6.07) is 4.03. The first-order valence-electron chi connectivity index (χ1n) is 8.69. The van der Waals surface area contributed by atoms with Crippen LogP contribution in [0.2, 0.25) is 0 Å². The molecule has 7 nitrogen and oxygen atoms in total. The molecule has 0 aliphatic heterocycles. The SMILES string of the molecule is CCNC(=O)[C@@H](C)OC(=O)[C@H](CCSC)NS(=O)(=O)c1cc(C)ccc1C. The van der Waals surface area contributed by atoms with Crippen LogP contribution in [0.25, 0.3) is 0 Å². The van der Waals surface area contributed by atoms with Gasteiger partial charge in [0.15, 0.2) is 6.10 Å². The van der Waals surface area contributed by atoms with E-state index in [-0.39, 0.29) is 11.3 Å². The van der Waals surface area contributed by atoms with Crippen LogP contribution in [0, 0.1) is 13.8 Å². The molecule has 0 fully saturated rings. The highest BCUT2D eigenvalue weighted by atomic mass is 32.2. The largest absolute Gasteiger partial charge is 0.451 e. The van der Waals surface area contributed by atoms with Gasteiger partial charge in [-0.05, 0) is 63.3 Å². The lowest BCUT2D eigenvalue weighted by Gasteiger charge is -2.20. The van der Waals surface area contributed by atoms with Crippen molar-refractivity contribution >= 4 is 33.7 Å². The van der Waals surface area contributed by atoms with E-state index in [1.165, 1.54) is 18.7 Å². The van der Waals surface area contributed by atoms with Gasteiger partial charge >= 0.3 is 5.97 Å². The molecule has 1 amide bonds. The van der Waals surface area contributed by atoms with E-state index in [1.807, 2.05) is 12.3 Å². The predicted molar refractivity (Wildman–Crippen MR) is 107 cm³/mol. The topological polar surface area (TPSA) is 102 Å². The van der Waals surface area contributed by atoms with Gasteiger partial charge in [-0.2, -0.15) is 16.5 Å². The second-order valence-electron chi connectivity index (χ2n) is 6.20. The minimum absolute atomic E-state index is 0.126. The number of sulfonamides is 1. The zero-order valence-electron chi connectivity index (χ0n) is 16.4. The lowest BCUT2D eigenvalue weighted by Crippen LogP contribution is -2.45. The Labute approximate surface area is 165 Å². The van der Waals surface area contributed by atoms with E-state index in [9.17, 15) is 18.0 Å². The van der Waals surface area contributed by atoms with Crippen LogP contribution in [0.5, 0.6) is 0 Å². The van der Waals surface area contributed by atoms with Gasteiger partial charge in [-0.15, -0.1) is 0 Å². The molecule has 152 valence electrons. The Morgan fingerprint density at radius 1 is 1.26 bits per heavy atom. The molecule has 1 aromatic carbocycles. The van der Waals surface area contributed by atoms with E-state index < -0.39 is 34.0 Å². The van der Waals surface area contributed by atoms with Crippen LogP contribution in [-0.4, -0.2) is 51.0 Å². The summed E-state index contributed by atoms with van der Waals surface area (Å²) in [6.07, 6.45) is 1.12. The molecule has 0 unspecified atom stereocenters. The molecule has 0 spiro atoms. The van der Waals surface area contributed by atoms with Crippen LogP contribution in [0.15, 0.2) is 23.1 Å². The second kappa shape index (κ2) is 10.7. The average Bonchev–Trinajstić information content (AvgIpc) is 2.60. The summed E-state index contributed by atoms with van der Waals surface area (Å²) < 4.78 is 33.2. The van der Waals surface area contributed by atoms with Crippen LogP contribution >= 0.6 is 11.8 Å². The number of hydrogen-bond donors (Lipinski definition) is 2. The van der Waals surface area contributed by atoms with Crippen molar-refractivity contribution < 1.29 is 22.7 Å². The van der Waals surface area contributed by atoms with Gasteiger partial charge < -0.3 is 10.1 Å². The molecule has 9 heteroatoms. The van der Waals surface area contributed by atoms with Crippen molar-refractivity contribution in [2.75, 3.05) is 18.6 Å². The molecular formula is C18H28N2O5S2. The van der Waals surface area contributed by atoms with Crippen LogP contribution < -0.4 is 10.0 Å². The van der Waals surface area contributed by atoms with Gasteiger partial charge in [-0.25, -0.2) is 8.42 Å². The Morgan fingerprint density at radius 3 is 2.52 bits per heavy atom. The van der Waals surface area contributed by atoms with Crippen molar-refractivity contribution in [3.8, 4) is 0 Å². The van der Waals surface area contributed by atoms with Gasteiger partial charge in [-0.3, -0.25) is 9.59 Å². The van der Waals surface area contributed by atoms with Gasteiger partial charge in [-0.1, -0.05) is 12.1 Å². The Hall–Kier alpha value is -1.58. The molecule has 0 heterocycles. The summed E-state index contributed by atoms with van der Waals surface area (Å²) >= 11 is 1.49. The summed E-state index contributed by atoms with van der Waals surface area (Å²) in [7, 11) is -3.92. The zero-order valence-corrected chi connectivity index (χ0v) is 18.0. The summed E-state index contributed by atoms with van der Waals surface area (Å²) in [5, 5.41) is 2.56. The van der Waals surface area contributed by atoms with E-state index in [2.05, 4.69) is 10.0 Å². The molecule has 1 rings (SSSR count). The quantitative estimate of drug-likeness (QED) is 0.564. The number of rotatable bonds is 10. The molecule has 0 aliphatic carbocycles. The molecule has 0 saturated carbocycles. The summed E-state index contributed by atoms with van der Waals surface area (Å²) in [6.45, 7) is 7.11. The lowest BCUT2D eigenvalue weighted by atomic mass is 10.2. The molecule has 1 aromatic rings. The fourth-order valence-corrected chi connectivity index (χ4v) is 4.36. The van der Waals surface area contributed by atoms with Crippen LogP contribution in [0.4, 0.5) is 0 Å². The number of carbonyl (C=O) groups is 2.